The highest BCUT2D eigenvalue weighted by Crippen LogP contribution is 2.31. The summed E-state index contributed by atoms with van der Waals surface area (Å²) < 4.78 is 18.2. The zero-order chi connectivity index (χ0) is 8.60. The highest BCUT2D eigenvalue weighted by atomic mass is 35.5. The van der Waals surface area contributed by atoms with Gasteiger partial charge in [0, 0.05) is 6.20 Å². The second-order valence-electron chi connectivity index (χ2n) is 2.66. The quantitative estimate of drug-likeness (QED) is 0.624. The van der Waals surface area contributed by atoms with E-state index in [4.69, 9.17) is 16.3 Å². The first kappa shape index (κ1) is 7.89. The summed E-state index contributed by atoms with van der Waals surface area (Å²) in [6.45, 7) is 0.0423. The zero-order valence-corrected chi connectivity index (χ0v) is 6.88. The molecule has 0 aromatic carbocycles. The lowest BCUT2D eigenvalue weighted by Gasteiger charge is -2.31. The first-order chi connectivity index (χ1) is 5.71. The number of hydrogen-bond acceptors (Lipinski definition) is 3. The Labute approximate surface area is 73.5 Å². The van der Waals surface area contributed by atoms with Gasteiger partial charge in [-0.3, -0.25) is 0 Å². The number of aromatic nitrogens is 2. The zero-order valence-electron chi connectivity index (χ0n) is 6.13. The number of nitrogens with zero attached hydrogens (tertiary/aromatic N) is 2. The minimum atomic E-state index is -1.52. The molecule has 12 heavy (non-hydrogen) atoms. The minimum absolute atomic E-state index is 0.0212. The van der Waals surface area contributed by atoms with E-state index in [1.54, 1.807) is 0 Å². The molecule has 0 unspecified atom stereocenters. The fourth-order valence-corrected chi connectivity index (χ4v) is 1.10. The maximum absolute atomic E-state index is 13.5. The van der Waals surface area contributed by atoms with E-state index in [1.807, 2.05) is 0 Å². The predicted octanol–water partition coefficient (Wildman–Crippen LogP) is 1.32. The van der Waals surface area contributed by atoms with E-state index in [-0.39, 0.29) is 24.2 Å². The number of hydrogen-bond donors (Lipinski definition) is 0. The van der Waals surface area contributed by atoms with E-state index in [0.29, 0.717) is 0 Å². The van der Waals surface area contributed by atoms with Crippen LogP contribution in [0.25, 0.3) is 0 Å². The summed E-state index contributed by atoms with van der Waals surface area (Å²) in [5, 5.41) is 0.254. The van der Waals surface area contributed by atoms with Crippen LogP contribution >= 0.6 is 11.6 Å². The van der Waals surface area contributed by atoms with Gasteiger partial charge in [0.25, 0.3) is 0 Å². The molecule has 0 saturated carbocycles. The third-order valence-corrected chi connectivity index (χ3v) is 1.89. The Bertz CT molecular complexity index is 303. The standard InChI is InChI=1S/C7H6ClFN2O/c8-5-1-2-10-6(11-5)7(9)3-12-4-7/h1-2H,3-4H2. The third-order valence-electron chi connectivity index (χ3n) is 1.68. The van der Waals surface area contributed by atoms with Gasteiger partial charge >= 0.3 is 0 Å². The molecule has 1 aromatic rings. The van der Waals surface area contributed by atoms with E-state index >= 15 is 0 Å². The van der Waals surface area contributed by atoms with Gasteiger partial charge in [-0.1, -0.05) is 11.6 Å². The third kappa shape index (κ3) is 1.17. The lowest BCUT2D eigenvalue weighted by atomic mass is 10.0. The molecule has 1 aliphatic heterocycles. The minimum Gasteiger partial charge on any atom is -0.374 e. The summed E-state index contributed by atoms with van der Waals surface area (Å²) in [6.07, 6.45) is 1.43. The van der Waals surface area contributed by atoms with Gasteiger partial charge in [0.2, 0.25) is 5.67 Å². The molecule has 3 nitrogen and oxygen atoms in total. The molecular weight excluding hydrogens is 183 g/mol. The predicted molar refractivity (Wildman–Crippen MR) is 40.6 cm³/mol. The van der Waals surface area contributed by atoms with Gasteiger partial charge < -0.3 is 4.74 Å². The summed E-state index contributed by atoms with van der Waals surface area (Å²) in [4.78, 5) is 7.55. The highest BCUT2D eigenvalue weighted by molar-refractivity contribution is 6.29. The van der Waals surface area contributed by atoms with Gasteiger partial charge in [0.05, 0.1) is 13.2 Å². The summed E-state index contributed by atoms with van der Waals surface area (Å²) in [5.41, 5.74) is -1.52. The Morgan fingerprint density at radius 1 is 1.58 bits per heavy atom. The Morgan fingerprint density at radius 2 is 2.33 bits per heavy atom. The van der Waals surface area contributed by atoms with E-state index in [9.17, 15) is 4.39 Å². The summed E-state index contributed by atoms with van der Waals surface area (Å²) in [5.74, 6) is 0.112. The highest BCUT2D eigenvalue weighted by Gasteiger charge is 2.43. The normalized spacial score (nSPS) is 20.2. The average molecular weight is 189 g/mol. The van der Waals surface area contributed by atoms with Crippen LogP contribution < -0.4 is 0 Å². The molecule has 5 heteroatoms. The van der Waals surface area contributed by atoms with Crippen LogP contribution in [0.1, 0.15) is 5.82 Å². The SMILES string of the molecule is FC1(c2nccc(Cl)n2)COC1. The van der Waals surface area contributed by atoms with Gasteiger partial charge in [-0.15, -0.1) is 0 Å². The number of halogens is 2. The smallest absolute Gasteiger partial charge is 0.216 e. The second kappa shape index (κ2) is 2.64. The maximum Gasteiger partial charge on any atom is 0.216 e. The van der Waals surface area contributed by atoms with Crippen molar-refractivity contribution in [2.24, 2.45) is 0 Å². The number of ether oxygens (including phenoxy) is 1. The van der Waals surface area contributed by atoms with Gasteiger partial charge in [-0.05, 0) is 6.07 Å². The van der Waals surface area contributed by atoms with Crippen LogP contribution in [-0.2, 0) is 10.4 Å². The van der Waals surface area contributed by atoms with Crippen molar-refractivity contribution in [3.63, 3.8) is 0 Å². The largest absolute Gasteiger partial charge is 0.374 e. The van der Waals surface area contributed by atoms with Gasteiger partial charge in [-0.2, -0.15) is 0 Å². The first-order valence-electron chi connectivity index (χ1n) is 3.46. The molecule has 2 heterocycles. The molecular formula is C7H6ClFN2O. The molecule has 0 amide bonds. The molecule has 0 atom stereocenters. The van der Waals surface area contributed by atoms with Crippen molar-refractivity contribution < 1.29 is 9.13 Å². The molecule has 0 N–H and O–H groups in total. The first-order valence-corrected chi connectivity index (χ1v) is 3.84. The van der Waals surface area contributed by atoms with E-state index in [2.05, 4.69) is 9.97 Å². The second-order valence-corrected chi connectivity index (χ2v) is 3.05. The van der Waals surface area contributed by atoms with Gasteiger partial charge in [0.15, 0.2) is 5.82 Å². The van der Waals surface area contributed by atoms with Gasteiger partial charge in [0.1, 0.15) is 5.15 Å². The maximum atomic E-state index is 13.5. The van der Waals surface area contributed by atoms with E-state index in [0.717, 1.165) is 0 Å². The van der Waals surface area contributed by atoms with Crippen molar-refractivity contribution in [1.82, 2.24) is 9.97 Å². The lowest BCUT2D eigenvalue weighted by Crippen LogP contribution is -2.44. The Morgan fingerprint density at radius 3 is 2.83 bits per heavy atom. The van der Waals surface area contributed by atoms with Crippen molar-refractivity contribution in [3.8, 4) is 0 Å². The van der Waals surface area contributed by atoms with Crippen LogP contribution in [0.2, 0.25) is 5.15 Å². The molecule has 1 saturated heterocycles. The lowest BCUT2D eigenvalue weighted by molar-refractivity contribution is -0.140. The van der Waals surface area contributed by atoms with Crippen molar-refractivity contribution in [2.75, 3.05) is 13.2 Å². The van der Waals surface area contributed by atoms with Crippen LogP contribution in [-0.4, -0.2) is 23.2 Å². The molecule has 64 valence electrons. The molecule has 1 aromatic heterocycles. The number of alkyl halides is 1. The van der Waals surface area contributed by atoms with Crippen LogP contribution in [0.15, 0.2) is 12.3 Å². The summed E-state index contributed by atoms with van der Waals surface area (Å²) in [7, 11) is 0. The summed E-state index contributed by atoms with van der Waals surface area (Å²) in [6, 6.07) is 1.51. The van der Waals surface area contributed by atoms with Crippen LogP contribution in [0.3, 0.4) is 0 Å². The van der Waals surface area contributed by atoms with Crippen molar-refractivity contribution in [1.29, 1.82) is 0 Å². The Balaban J connectivity index is 2.33. The Kier molecular flexibility index (Phi) is 1.73. The van der Waals surface area contributed by atoms with Crippen LogP contribution in [0, 0.1) is 0 Å². The van der Waals surface area contributed by atoms with Crippen molar-refractivity contribution >= 4 is 11.6 Å². The van der Waals surface area contributed by atoms with Crippen LogP contribution in [0.4, 0.5) is 4.39 Å². The fraction of sp³-hybridized carbons (Fsp3) is 0.429. The molecule has 2 rings (SSSR count). The van der Waals surface area contributed by atoms with E-state index < -0.39 is 5.67 Å². The molecule has 0 spiro atoms. The molecule has 0 bridgehead atoms. The van der Waals surface area contributed by atoms with E-state index in [1.165, 1.54) is 12.3 Å². The molecule has 1 fully saturated rings. The molecule has 0 aliphatic carbocycles. The van der Waals surface area contributed by atoms with Gasteiger partial charge in [-0.25, -0.2) is 14.4 Å². The topological polar surface area (TPSA) is 35.0 Å². The molecule has 1 aliphatic rings. The van der Waals surface area contributed by atoms with Crippen LogP contribution in [0.5, 0.6) is 0 Å². The monoisotopic (exact) mass is 188 g/mol. The van der Waals surface area contributed by atoms with Crippen molar-refractivity contribution in [2.45, 2.75) is 5.67 Å². The average Bonchev–Trinajstić information content (AvgIpc) is 2.00. The number of rotatable bonds is 1. The Hall–Kier alpha value is -0.740. The molecule has 0 radical (unpaired) electrons. The fourth-order valence-electron chi connectivity index (χ4n) is 0.963. The van der Waals surface area contributed by atoms with Crippen molar-refractivity contribution in [3.05, 3.63) is 23.2 Å². The summed E-state index contributed by atoms with van der Waals surface area (Å²) >= 11 is 5.57.